The van der Waals surface area contributed by atoms with Crippen molar-refractivity contribution in [3.05, 3.63) is 96.1 Å². The van der Waals surface area contributed by atoms with Crippen molar-refractivity contribution in [3.8, 4) is 17.1 Å². The van der Waals surface area contributed by atoms with Gasteiger partial charge >= 0.3 is 0 Å². The Balaban J connectivity index is 1.74. The maximum Gasteiger partial charge on any atom is 0.192 e. The number of benzene rings is 3. The van der Waals surface area contributed by atoms with E-state index < -0.39 is 5.25 Å². The highest BCUT2D eigenvalue weighted by Crippen LogP contribution is 2.39. The molecule has 0 radical (unpaired) electrons. The molecule has 0 aliphatic rings. The number of hydrogen-bond donors (Lipinski definition) is 0. The third kappa shape index (κ3) is 4.39. The Morgan fingerprint density at radius 2 is 1.58 bits per heavy atom. The summed E-state index contributed by atoms with van der Waals surface area (Å²) in [5.41, 5.74) is 2.49. The lowest BCUT2D eigenvalue weighted by Crippen LogP contribution is -2.11. The molecule has 0 N–H and O–H groups in total. The molecule has 0 saturated heterocycles. The Kier molecular flexibility index (Phi) is 6.48. The van der Waals surface area contributed by atoms with Gasteiger partial charge in [-0.3, -0.25) is 4.79 Å². The molecule has 1 aromatic heterocycles. The zero-order valence-corrected chi connectivity index (χ0v) is 18.3. The van der Waals surface area contributed by atoms with E-state index in [4.69, 9.17) is 4.74 Å². The summed E-state index contributed by atoms with van der Waals surface area (Å²) in [5, 5.41) is 9.16. The number of para-hydroxylation sites is 1. The molecule has 4 aromatic rings. The topological polar surface area (TPSA) is 57.0 Å². The molecule has 6 heteroatoms. The first-order chi connectivity index (χ1) is 15.2. The van der Waals surface area contributed by atoms with E-state index in [2.05, 4.69) is 10.2 Å². The highest BCUT2D eigenvalue weighted by molar-refractivity contribution is 8.00. The molecule has 31 heavy (non-hydrogen) atoms. The minimum absolute atomic E-state index is 0.0429. The fourth-order valence-electron chi connectivity index (χ4n) is 3.45. The Morgan fingerprint density at radius 1 is 0.935 bits per heavy atom. The molecular formula is C25H23N3O2S. The zero-order chi connectivity index (χ0) is 21.6. The molecule has 3 aromatic carbocycles. The number of thioether (sulfide) groups is 1. The fraction of sp³-hybridized carbons (Fsp3) is 0.160. The normalized spacial score (nSPS) is 11.8. The third-order valence-electron chi connectivity index (χ3n) is 5.00. The van der Waals surface area contributed by atoms with Gasteiger partial charge in [0.25, 0.3) is 0 Å². The minimum atomic E-state index is -0.427. The van der Waals surface area contributed by atoms with Gasteiger partial charge in [0.1, 0.15) is 11.0 Å². The monoisotopic (exact) mass is 429 g/mol. The van der Waals surface area contributed by atoms with Crippen LogP contribution in [0.5, 0.6) is 5.75 Å². The maximum atomic E-state index is 13.4. The summed E-state index contributed by atoms with van der Waals surface area (Å²) in [5.74, 6) is 1.50. The molecule has 0 spiro atoms. The summed E-state index contributed by atoms with van der Waals surface area (Å²) in [6.45, 7) is 2.71. The lowest BCUT2D eigenvalue weighted by molar-refractivity contribution is 0.0989. The Morgan fingerprint density at radius 3 is 2.26 bits per heavy atom. The van der Waals surface area contributed by atoms with Crippen LogP contribution in [0.15, 0.2) is 90.1 Å². The van der Waals surface area contributed by atoms with Crippen molar-refractivity contribution in [1.29, 1.82) is 0 Å². The molecule has 1 heterocycles. The van der Waals surface area contributed by atoms with Crippen molar-refractivity contribution in [2.24, 2.45) is 0 Å². The predicted octanol–water partition coefficient (Wildman–Crippen LogP) is 5.69. The Hall–Kier alpha value is -3.38. The van der Waals surface area contributed by atoms with Crippen molar-refractivity contribution in [2.45, 2.75) is 23.9 Å². The summed E-state index contributed by atoms with van der Waals surface area (Å²) in [7, 11) is 1.64. The lowest BCUT2D eigenvalue weighted by atomic mass is 10.0. The lowest BCUT2D eigenvalue weighted by Gasteiger charge is -2.17. The highest BCUT2D eigenvalue weighted by Gasteiger charge is 2.27. The van der Waals surface area contributed by atoms with Gasteiger partial charge in [0.05, 0.1) is 12.7 Å². The number of rotatable bonds is 8. The molecule has 4 rings (SSSR count). The van der Waals surface area contributed by atoms with Crippen LogP contribution in [0.3, 0.4) is 0 Å². The maximum absolute atomic E-state index is 13.4. The molecule has 0 aliphatic carbocycles. The molecule has 5 nitrogen and oxygen atoms in total. The smallest absolute Gasteiger partial charge is 0.192 e. The summed E-state index contributed by atoms with van der Waals surface area (Å²) in [6.07, 6.45) is 0. The molecule has 0 aliphatic heterocycles. The third-order valence-corrected chi connectivity index (χ3v) is 6.24. The first-order valence-electron chi connectivity index (χ1n) is 10.1. The summed E-state index contributed by atoms with van der Waals surface area (Å²) in [4.78, 5) is 13.4. The molecule has 0 bridgehead atoms. The van der Waals surface area contributed by atoms with Crippen LogP contribution >= 0.6 is 11.8 Å². The number of Topliss-reactive ketones (excluding diaryl/α,β-unsaturated/α-hetero) is 1. The van der Waals surface area contributed by atoms with Crippen LogP contribution in [0, 0.1) is 0 Å². The average molecular weight is 430 g/mol. The molecule has 156 valence electrons. The summed E-state index contributed by atoms with van der Waals surface area (Å²) < 4.78 is 7.54. The summed E-state index contributed by atoms with van der Waals surface area (Å²) in [6, 6.07) is 26.9. The molecule has 1 atom stereocenters. The van der Waals surface area contributed by atoms with Gasteiger partial charge in [-0.05, 0) is 24.6 Å². The van der Waals surface area contributed by atoms with Crippen molar-refractivity contribution in [1.82, 2.24) is 14.8 Å². The Labute approximate surface area is 186 Å². The number of hydrogen-bond acceptors (Lipinski definition) is 5. The average Bonchev–Trinajstić information content (AvgIpc) is 3.25. The second-order valence-corrected chi connectivity index (χ2v) is 7.96. The van der Waals surface area contributed by atoms with Crippen LogP contribution in [0.25, 0.3) is 11.4 Å². The first kappa shape index (κ1) is 20.9. The Bertz CT molecular complexity index is 1160. The van der Waals surface area contributed by atoms with E-state index in [-0.39, 0.29) is 5.78 Å². The highest BCUT2D eigenvalue weighted by atomic mass is 32.2. The molecule has 0 saturated carbocycles. The van der Waals surface area contributed by atoms with E-state index in [9.17, 15) is 4.79 Å². The van der Waals surface area contributed by atoms with E-state index in [0.29, 0.717) is 17.3 Å². The van der Waals surface area contributed by atoms with Gasteiger partial charge in [-0.15, -0.1) is 10.2 Å². The van der Waals surface area contributed by atoms with Crippen molar-refractivity contribution >= 4 is 17.5 Å². The van der Waals surface area contributed by atoms with Gasteiger partial charge < -0.3 is 9.30 Å². The van der Waals surface area contributed by atoms with Crippen LogP contribution in [0.1, 0.15) is 28.1 Å². The molecular weight excluding hydrogens is 406 g/mol. The van der Waals surface area contributed by atoms with Gasteiger partial charge in [0, 0.05) is 12.1 Å². The van der Waals surface area contributed by atoms with Crippen LogP contribution in [-0.2, 0) is 6.54 Å². The van der Waals surface area contributed by atoms with Gasteiger partial charge in [0.15, 0.2) is 16.8 Å². The van der Waals surface area contributed by atoms with Crippen LogP contribution in [0.2, 0.25) is 0 Å². The number of methoxy groups -OCH3 is 1. The number of aromatic nitrogens is 3. The number of ketones is 1. The number of nitrogens with zero attached hydrogens (tertiary/aromatic N) is 3. The number of carbonyl (C=O) groups is 1. The first-order valence-corrected chi connectivity index (χ1v) is 11.0. The van der Waals surface area contributed by atoms with Gasteiger partial charge in [-0.25, -0.2) is 0 Å². The molecule has 0 fully saturated rings. The quantitative estimate of drug-likeness (QED) is 0.266. The number of carbonyl (C=O) groups excluding carboxylic acids is 1. The van der Waals surface area contributed by atoms with E-state index in [1.807, 2.05) is 96.4 Å². The summed E-state index contributed by atoms with van der Waals surface area (Å²) >= 11 is 1.42. The van der Waals surface area contributed by atoms with Crippen molar-refractivity contribution in [3.63, 3.8) is 0 Å². The fourth-order valence-corrected chi connectivity index (χ4v) is 4.63. The standard InChI is InChI=1S/C25H23N3O2S/c1-3-28-24(20-16-10-11-17-21(20)30-2)26-27-25(28)31-23(19-14-8-5-9-15-19)22(29)18-12-6-4-7-13-18/h4-17,23H,3H2,1-2H3. The largest absolute Gasteiger partial charge is 0.496 e. The van der Waals surface area contributed by atoms with Crippen LogP contribution in [0.4, 0.5) is 0 Å². The molecule has 0 amide bonds. The van der Waals surface area contributed by atoms with Gasteiger partial charge in [0.2, 0.25) is 0 Å². The predicted molar refractivity (Wildman–Crippen MR) is 123 cm³/mol. The van der Waals surface area contributed by atoms with E-state index >= 15 is 0 Å². The van der Waals surface area contributed by atoms with E-state index in [1.54, 1.807) is 7.11 Å². The van der Waals surface area contributed by atoms with Crippen molar-refractivity contribution < 1.29 is 9.53 Å². The number of ether oxygens (including phenoxy) is 1. The van der Waals surface area contributed by atoms with Crippen molar-refractivity contribution in [2.75, 3.05) is 7.11 Å². The van der Waals surface area contributed by atoms with Gasteiger partial charge in [-0.1, -0.05) is 84.6 Å². The van der Waals surface area contributed by atoms with E-state index in [1.165, 1.54) is 11.8 Å². The van der Waals surface area contributed by atoms with E-state index in [0.717, 1.165) is 22.7 Å². The SMILES string of the molecule is CCn1c(SC(C(=O)c2ccccc2)c2ccccc2)nnc1-c1ccccc1OC. The molecule has 1 unspecified atom stereocenters. The second kappa shape index (κ2) is 9.62. The minimum Gasteiger partial charge on any atom is -0.496 e. The van der Waals surface area contributed by atoms with Crippen LogP contribution in [-0.4, -0.2) is 27.7 Å². The van der Waals surface area contributed by atoms with Crippen LogP contribution < -0.4 is 4.74 Å². The second-order valence-electron chi connectivity index (χ2n) is 6.89. The van der Waals surface area contributed by atoms with Gasteiger partial charge in [-0.2, -0.15) is 0 Å². The zero-order valence-electron chi connectivity index (χ0n) is 17.4.